The van der Waals surface area contributed by atoms with Crippen molar-refractivity contribution >= 4 is 11.1 Å². The third kappa shape index (κ3) is 3.92. The first-order valence-corrected chi connectivity index (χ1v) is 8.70. The molecule has 1 aliphatic carbocycles. The van der Waals surface area contributed by atoms with Crippen LogP contribution in [-0.2, 0) is 15.3 Å². The minimum Gasteiger partial charge on any atom is -0.283 e. The van der Waals surface area contributed by atoms with Gasteiger partial charge in [0.15, 0.2) is 11.1 Å². The molecule has 0 N–H and O–H groups in total. The van der Waals surface area contributed by atoms with Gasteiger partial charge in [0.2, 0.25) is 0 Å². The molecule has 112 valence electrons. The molecule has 0 amide bonds. The van der Waals surface area contributed by atoms with Gasteiger partial charge in [-0.2, -0.15) is 0 Å². The van der Waals surface area contributed by atoms with Crippen molar-refractivity contribution in [1.29, 1.82) is 0 Å². The molecule has 1 fully saturated rings. The lowest BCUT2D eigenvalue weighted by atomic mass is 9.75. The van der Waals surface area contributed by atoms with Crippen LogP contribution in [0.3, 0.4) is 0 Å². The summed E-state index contributed by atoms with van der Waals surface area (Å²) in [5.41, 5.74) is 1.18. The van der Waals surface area contributed by atoms with Crippen LogP contribution >= 0.6 is 0 Å². The van der Waals surface area contributed by atoms with E-state index < -0.39 is 11.1 Å². The average Bonchev–Trinajstić information content (AvgIpc) is 2.39. The first-order valence-electron chi connectivity index (χ1n) is 7.63. The summed E-state index contributed by atoms with van der Waals surface area (Å²) in [7, 11) is 0. The number of benzene rings is 1. The molecule has 4 atom stereocenters. The molecule has 1 saturated carbocycles. The maximum Gasteiger partial charge on any atom is 0.189 e. The summed E-state index contributed by atoms with van der Waals surface area (Å²) in [5, 5.41) is 0. The summed E-state index contributed by atoms with van der Waals surface area (Å²) in [6, 6.07) is 7.78. The highest BCUT2D eigenvalue weighted by atomic mass is 32.2. The first-order chi connectivity index (χ1) is 9.47. The second kappa shape index (κ2) is 6.86. The van der Waals surface area contributed by atoms with Gasteiger partial charge >= 0.3 is 0 Å². The Morgan fingerprint density at radius 3 is 2.45 bits per heavy atom. The van der Waals surface area contributed by atoms with Crippen molar-refractivity contribution in [1.82, 2.24) is 0 Å². The standard InChI is InChI=1S/C17H26O2S/c1-12(2)16-10-7-14(4)11-17(16)19-20(18)15-8-5-13(3)6-9-15/h5-6,8-9,12,14,16-17H,7,10-11H2,1-4H3. The van der Waals surface area contributed by atoms with Gasteiger partial charge in [-0.05, 0) is 49.7 Å². The Labute approximate surface area is 125 Å². The lowest BCUT2D eigenvalue weighted by Crippen LogP contribution is -2.34. The Bertz CT molecular complexity index is 453. The Balaban J connectivity index is 2.05. The van der Waals surface area contributed by atoms with Gasteiger partial charge in [0, 0.05) is 0 Å². The summed E-state index contributed by atoms with van der Waals surface area (Å²) in [6.07, 6.45) is 3.61. The normalized spacial score (nSPS) is 28.6. The Kier molecular flexibility index (Phi) is 5.39. The van der Waals surface area contributed by atoms with E-state index in [-0.39, 0.29) is 6.10 Å². The van der Waals surface area contributed by atoms with Crippen LogP contribution in [0.1, 0.15) is 45.6 Å². The van der Waals surface area contributed by atoms with Crippen molar-refractivity contribution in [3.63, 3.8) is 0 Å². The Morgan fingerprint density at radius 2 is 1.85 bits per heavy atom. The third-order valence-corrected chi connectivity index (χ3v) is 5.46. The second-order valence-corrected chi connectivity index (χ2v) is 7.64. The van der Waals surface area contributed by atoms with Gasteiger partial charge in [0.05, 0.1) is 11.0 Å². The lowest BCUT2D eigenvalue weighted by Gasteiger charge is -2.36. The van der Waals surface area contributed by atoms with Crippen LogP contribution in [0.2, 0.25) is 0 Å². The van der Waals surface area contributed by atoms with Crippen LogP contribution in [-0.4, -0.2) is 10.3 Å². The van der Waals surface area contributed by atoms with Crippen LogP contribution in [0, 0.1) is 24.7 Å². The largest absolute Gasteiger partial charge is 0.283 e. The highest BCUT2D eigenvalue weighted by Crippen LogP contribution is 2.36. The smallest absolute Gasteiger partial charge is 0.189 e. The van der Waals surface area contributed by atoms with E-state index in [0.717, 1.165) is 11.3 Å². The fourth-order valence-electron chi connectivity index (χ4n) is 3.04. The Hall–Kier alpha value is -0.670. The topological polar surface area (TPSA) is 26.3 Å². The summed E-state index contributed by atoms with van der Waals surface area (Å²) in [6.45, 7) is 8.78. The molecule has 3 heteroatoms. The molecule has 1 aliphatic rings. The van der Waals surface area contributed by atoms with Gasteiger partial charge < -0.3 is 0 Å². The van der Waals surface area contributed by atoms with E-state index in [1.807, 2.05) is 31.2 Å². The molecule has 20 heavy (non-hydrogen) atoms. The van der Waals surface area contributed by atoms with Crippen LogP contribution in [0.15, 0.2) is 29.2 Å². The maximum absolute atomic E-state index is 12.4. The SMILES string of the molecule is Cc1ccc(S(=O)OC2CC(C)CCC2C(C)C)cc1. The first kappa shape index (κ1) is 15.7. The predicted octanol–water partition coefficient (Wildman–Crippen LogP) is 4.50. The fourth-order valence-corrected chi connectivity index (χ4v) is 3.96. The summed E-state index contributed by atoms with van der Waals surface area (Å²) in [4.78, 5) is 0.774. The molecule has 0 saturated heterocycles. The van der Waals surface area contributed by atoms with E-state index in [4.69, 9.17) is 4.18 Å². The number of hydrogen-bond acceptors (Lipinski definition) is 2. The van der Waals surface area contributed by atoms with E-state index in [9.17, 15) is 4.21 Å². The van der Waals surface area contributed by atoms with Gasteiger partial charge in [-0.25, -0.2) is 4.21 Å². The number of rotatable bonds is 4. The molecule has 0 radical (unpaired) electrons. The van der Waals surface area contributed by atoms with Crippen LogP contribution in [0.25, 0.3) is 0 Å². The van der Waals surface area contributed by atoms with E-state index >= 15 is 0 Å². The van der Waals surface area contributed by atoms with E-state index in [1.165, 1.54) is 18.4 Å². The molecular weight excluding hydrogens is 268 g/mol. The van der Waals surface area contributed by atoms with E-state index in [1.54, 1.807) is 0 Å². The summed E-state index contributed by atoms with van der Waals surface area (Å²) < 4.78 is 18.3. The average molecular weight is 294 g/mol. The van der Waals surface area contributed by atoms with Crippen LogP contribution < -0.4 is 0 Å². The molecular formula is C17H26O2S. The third-order valence-electron chi connectivity index (χ3n) is 4.39. The number of aryl methyl sites for hydroxylation is 1. The monoisotopic (exact) mass is 294 g/mol. The maximum atomic E-state index is 12.4. The van der Waals surface area contributed by atoms with Crippen molar-refractivity contribution in [2.45, 2.75) is 58.0 Å². The summed E-state index contributed by atoms with van der Waals surface area (Å²) in [5.74, 6) is 1.79. The highest BCUT2D eigenvalue weighted by Gasteiger charge is 2.33. The van der Waals surface area contributed by atoms with Crippen molar-refractivity contribution < 1.29 is 8.39 Å². The van der Waals surface area contributed by atoms with Crippen molar-refractivity contribution in [2.24, 2.45) is 17.8 Å². The van der Waals surface area contributed by atoms with E-state index in [2.05, 4.69) is 20.8 Å². The Morgan fingerprint density at radius 1 is 1.20 bits per heavy atom. The van der Waals surface area contributed by atoms with Gasteiger partial charge in [-0.1, -0.05) is 44.9 Å². The van der Waals surface area contributed by atoms with E-state index in [0.29, 0.717) is 17.8 Å². The van der Waals surface area contributed by atoms with Crippen molar-refractivity contribution in [3.05, 3.63) is 29.8 Å². The fraction of sp³-hybridized carbons (Fsp3) is 0.647. The lowest BCUT2D eigenvalue weighted by molar-refractivity contribution is 0.0567. The van der Waals surface area contributed by atoms with Gasteiger partial charge in [-0.3, -0.25) is 4.18 Å². The van der Waals surface area contributed by atoms with Crippen LogP contribution in [0.5, 0.6) is 0 Å². The van der Waals surface area contributed by atoms with Crippen molar-refractivity contribution in [3.8, 4) is 0 Å². The minimum absolute atomic E-state index is 0.126. The predicted molar refractivity (Wildman–Crippen MR) is 83.8 cm³/mol. The molecule has 2 nitrogen and oxygen atoms in total. The molecule has 0 aliphatic heterocycles. The zero-order valence-electron chi connectivity index (χ0n) is 13.0. The van der Waals surface area contributed by atoms with Crippen molar-refractivity contribution in [2.75, 3.05) is 0 Å². The number of hydrogen-bond donors (Lipinski definition) is 0. The minimum atomic E-state index is -1.34. The van der Waals surface area contributed by atoms with Crippen LogP contribution in [0.4, 0.5) is 0 Å². The molecule has 0 aromatic heterocycles. The molecule has 1 aromatic carbocycles. The summed E-state index contributed by atoms with van der Waals surface area (Å²) >= 11 is -1.34. The molecule has 0 bridgehead atoms. The zero-order chi connectivity index (χ0) is 14.7. The van der Waals surface area contributed by atoms with Gasteiger partial charge in [0.25, 0.3) is 0 Å². The van der Waals surface area contributed by atoms with Gasteiger partial charge in [0.1, 0.15) is 0 Å². The zero-order valence-corrected chi connectivity index (χ0v) is 13.8. The molecule has 4 unspecified atom stereocenters. The quantitative estimate of drug-likeness (QED) is 0.817. The molecule has 1 aromatic rings. The van der Waals surface area contributed by atoms with Gasteiger partial charge in [-0.15, -0.1) is 0 Å². The molecule has 0 heterocycles. The molecule has 2 rings (SSSR count). The highest BCUT2D eigenvalue weighted by molar-refractivity contribution is 7.80. The second-order valence-electron chi connectivity index (χ2n) is 6.51. The molecule has 0 spiro atoms.